The molecule has 0 atom stereocenters. The van der Waals surface area contributed by atoms with Crippen LogP contribution in [-0.4, -0.2) is 32.7 Å². The van der Waals surface area contributed by atoms with Gasteiger partial charge in [-0.05, 0) is 59.7 Å². The van der Waals surface area contributed by atoms with Crippen LogP contribution in [0.4, 0.5) is 26.3 Å². The van der Waals surface area contributed by atoms with Crippen molar-refractivity contribution in [2.24, 2.45) is 0 Å². The number of amides is 1. The fraction of sp³-hybridized carbons (Fsp3) is 0.423. The van der Waals surface area contributed by atoms with Gasteiger partial charge in [0.1, 0.15) is 4.32 Å². The van der Waals surface area contributed by atoms with E-state index in [1.165, 1.54) is 22.3 Å². The van der Waals surface area contributed by atoms with E-state index in [4.69, 9.17) is 17.3 Å². The van der Waals surface area contributed by atoms with Gasteiger partial charge in [0, 0.05) is 22.7 Å². The first-order chi connectivity index (χ1) is 17.9. The van der Waals surface area contributed by atoms with E-state index in [1.54, 1.807) is 26.8 Å². The van der Waals surface area contributed by atoms with Gasteiger partial charge in [-0.3, -0.25) is 14.5 Å². The molecule has 13 heteroatoms. The van der Waals surface area contributed by atoms with Crippen molar-refractivity contribution in [3.8, 4) is 11.1 Å². The van der Waals surface area contributed by atoms with Gasteiger partial charge in [-0.15, -0.1) is 11.3 Å². The monoisotopic (exact) mass is 609 g/mol. The molecule has 0 unspecified atom stereocenters. The molecule has 0 aliphatic carbocycles. The second kappa shape index (κ2) is 11.6. The highest BCUT2D eigenvalue weighted by Crippen LogP contribution is 2.45. The fourth-order valence-electron chi connectivity index (χ4n) is 3.91. The number of carbonyl (C=O) groups excluding carboxylic acids is 1. The highest BCUT2D eigenvalue weighted by Gasteiger charge is 2.38. The minimum Gasteiger partial charge on any atom is -0.481 e. The maximum Gasteiger partial charge on any atom is 0.416 e. The number of benzene rings is 1. The van der Waals surface area contributed by atoms with Crippen LogP contribution >= 0.6 is 35.3 Å². The number of nitrogens with zero attached hydrogens (tertiary/aromatic N) is 1. The molecule has 0 saturated carbocycles. The van der Waals surface area contributed by atoms with Gasteiger partial charge in [-0.2, -0.15) is 26.3 Å². The van der Waals surface area contributed by atoms with E-state index < -0.39 is 34.9 Å². The molecule has 39 heavy (non-hydrogen) atoms. The van der Waals surface area contributed by atoms with Crippen molar-refractivity contribution >= 4 is 57.6 Å². The van der Waals surface area contributed by atoms with Gasteiger partial charge in [-0.1, -0.05) is 51.2 Å². The Labute approximate surface area is 235 Å². The van der Waals surface area contributed by atoms with Crippen molar-refractivity contribution in [3.63, 3.8) is 0 Å². The molecule has 1 aliphatic heterocycles. The molecule has 1 aromatic heterocycles. The van der Waals surface area contributed by atoms with E-state index in [0.717, 1.165) is 11.8 Å². The predicted molar refractivity (Wildman–Crippen MR) is 144 cm³/mol. The molecule has 1 amide bonds. The van der Waals surface area contributed by atoms with E-state index in [0.29, 0.717) is 56.9 Å². The number of carboxylic acid groups (broad SMARTS) is 1. The summed E-state index contributed by atoms with van der Waals surface area (Å²) in [5, 5.41) is 8.73. The smallest absolute Gasteiger partial charge is 0.416 e. The molecule has 212 valence electrons. The SMILES string of the molecule is CC(C)(C)c1sc(/C=C2\SC(=S)N(CCCCCC(=O)O)C2=O)cc1-c1cc(C(F)(F)F)cc(C(F)(F)F)c1. The van der Waals surface area contributed by atoms with Gasteiger partial charge in [0.2, 0.25) is 0 Å². The lowest BCUT2D eigenvalue weighted by atomic mass is 9.88. The minimum absolute atomic E-state index is 0.0332. The Kier molecular flexibility index (Phi) is 9.28. The molecule has 1 saturated heterocycles. The highest BCUT2D eigenvalue weighted by molar-refractivity contribution is 8.26. The van der Waals surface area contributed by atoms with Crippen molar-refractivity contribution in [2.75, 3.05) is 6.54 Å². The van der Waals surface area contributed by atoms with Gasteiger partial charge < -0.3 is 5.11 Å². The molecule has 0 bridgehead atoms. The first-order valence-electron chi connectivity index (χ1n) is 11.8. The van der Waals surface area contributed by atoms with Crippen molar-refractivity contribution < 1.29 is 41.0 Å². The maximum atomic E-state index is 13.5. The summed E-state index contributed by atoms with van der Waals surface area (Å²) < 4.78 is 81.3. The molecular weight excluding hydrogens is 584 g/mol. The third kappa shape index (κ3) is 7.85. The molecule has 1 aromatic carbocycles. The molecule has 2 aromatic rings. The number of carboxylic acids is 1. The lowest BCUT2D eigenvalue weighted by Crippen LogP contribution is -2.29. The fourth-order valence-corrected chi connectivity index (χ4v) is 6.46. The summed E-state index contributed by atoms with van der Waals surface area (Å²) in [5.41, 5.74) is -3.41. The second-order valence-electron chi connectivity index (χ2n) is 9.97. The van der Waals surface area contributed by atoms with Crippen LogP contribution in [0.15, 0.2) is 29.2 Å². The summed E-state index contributed by atoms with van der Waals surface area (Å²) >= 11 is 7.56. The highest BCUT2D eigenvalue weighted by atomic mass is 32.2. The molecule has 2 heterocycles. The first-order valence-corrected chi connectivity index (χ1v) is 13.8. The van der Waals surface area contributed by atoms with Crippen LogP contribution in [0, 0.1) is 0 Å². The van der Waals surface area contributed by atoms with Gasteiger partial charge in [0.15, 0.2) is 0 Å². The first kappa shape index (κ1) is 31.2. The number of alkyl halides is 6. The predicted octanol–water partition coefficient (Wildman–Crippen LogP) is 8.60. The average molecular weight is 610 g/mol. The average Bonchev–Trinajstić information content (AvgIpc) is 3.34. The van der Waals surface area contributed by atoms with Crippen LogP contribution < -0.4 is 0 Å². The summed E-state index contributed by atoms with van der Waals surface area (Å²) in [4.78, 5) is 26.4. The lowest BCUT2D eigenvalue weighted by Gasteiger charge is -2.20. The molecule has 1 aliphatic rings. The molecule has 4 nitrogen and oxygen atoms in total. The number of thiocarbonyl (C=S) groups is 1. The number of thioether (sulfide) groups is 1. The minimum atomic E-state index is -4.97. The van der Waals surface area contributed by atoms with E-state index >= 15 is 0 Å². The van der Waals surface area contributed by atoms with Gasteiger partial charge in [-0.25, -0.2) is 0 Å². The summed E-state index contributed by atoms with van der Waals surface area (Å²) in [5.74, 6) is -1.25. The summed E-state index contributed by atoms with van der Waals surface area (Å²) in [6.45, 7) is 5.71. The van der Waals surface area contributed by atoms with E-state index in [-0.39, 0.29) is 29.5 Å². The Hall–Kier alpha value is -2.38. The van der Waals surface area contributed by atoms with Gasteiger partial charge in [0.25, 0.3) is 5.91 Å². The Morgan fingerprint density at radius 3 is 2.08 bits per heavy atom. The zero-order valence-corrected chi connectivity index (χ0v) is 23.6. The van der Waals surface area contributed by atoms with E-state index in [9.17, 15) is 35.9 Å². The lowest BCUT2D eigenvalue weighted by molar-refractivity contribution is -0.143. The third-order valence-electron chi connectivity index (χ3n) is 5.75. The number of aliphatic carboxylic acids is 1. The Balaban J connectivity index is 1.97. The Bertz CT molecular complexity index is 1270. The van der Waals surface area contributed by atoms with Crippen molar-refractivity contribution in [2.45, 2.75) is 64.2 Å². The van der Waals surface area contributed by atoms with Crippen LogP contribution in [0.25, 0.3) is 17.2 Å². The van der Waals surface area contributed by atoms with Crippen LogP contribution in [0.2, 0.25) is 0 Å². The zero-order chi connectivity index (χ0) is 29.3. The van der Waals surface area contributed by atoms with E-state index in [1.807, 2.05) is 0 Å². The van der Waals surface area contributed by atoms with E-state index in [2.05, 4.69) is 0 Å². The van der Waals surface area contributed by atoms with Crippen molar-refractivity contribution in [1.29, 1.82) is 0 Å². The Morgan fingerprint density at radius 2 is 1.56 bits per heavy atom. The number of thiophene rings is 1. The number of halogens is 6. The quantitative estimate of drug-likeness (QED) is 0.141. The van der Waals surface area contributed by atoms with Gasteiger partial charge in [0.05, 0.1) is 16.0 Å². The molecule has 0 spiro atoms. The largest absolute Gasteiger partial charge is 0.481 e. The van der Waals surface area contributed by atoms with Crippen LogP contribution in [0.3, 0.4) is 0 Å². The topological polar surface area (TPSA) is 57.6 Å². The number of rotatable bonds is 8. The summed E-state index contributed by atoms with van der Waals surface area (Å²) in [7, 11) is 0. The number of carbonyl (C=O) groups is 2. The third-order valence-corrected chi connectivity index (χ3v) is 8.64. The molecule has 3 rings (SSSR count). The number of hydrogen-bond donors (Lipinski definition) is 1. The van der Waals surface area contributed by atoms with Crippen LogP contribution in [-0.2, 0) is 27.4 Å². The van der Waals surface area contributed by atoms with Crippen LogP contribution in [0.5, 0.6) is 0 Å². The van der Waals surface area contributed by atoms with Crippen molar-refractivity contribution in [3.05, 3.63) is 50.1 Å². The molecule has 1 N–H and O–H groups in total. The molecule has 0 radical (unpaired) electrons. The number of unbranched alkanes of at least 4 members (excludes halogenated alkanes) is 2. The van der Waals surface area contributed by atoms with Crippen LogP contribution in [0.1, 0.15) is 67.3 Å². The zero-order valence-electron chi connectivity index (χ0n) is 21.1. The summed E-state index contributed by atoms with van der Waals surface area (Å²) in [6.07, 6.45) is -6.74. The van der Waals surface area contributed by atoms with Gasteiger partial charge >= 0.3 is 18.3 Å². The molecule has 1 fully saturated rings. The Morgan fingerprint density at radius 1 is 0.974 bits per heavy atom. The normalized spacial score (nSPS) is 16.0. The summed E-state index contributed by atoms with van der Waals surface area (Å²) in [6, 6.07) is 3.01. The standard InChI is InChI=1S/C26H25F6NO3S3/c1-24(2,3)21-18(14-9-15(25(27,28)29)11-16(10-14)26(30,31)32)12-17(38-21)13-19-22(36)33(23(37)39-19)8-6-4-5-7-20(34)35/h9-13H,4-8H2,1-3H3,(H,34,35)/b19-13-. The molecular formula is C26H25F6NO3S3. The van der Waals surface area contributed by atoms with Crippen molar-refractivity contribution in [1.82, 2.24) is 4.90 Å². The maximum absolute atomic E-state index is 13.5. The number of hydrogen-bond acceptors (Lipinski definition) is 5. The second-order valence-corrected chi connectivity index (χ2v) is 12.7.